The summed E-state index contributed by atoms with van der Waals surface area (Å²) in [5, 5.41) is 0. The summed E-state index contributed by atoms with van der Waals surface area (Å²) >= 11 is 0. The van der Waals surface area contributed by atoms with Gasteiger partial charge in [-0.3, -0.25) is 4.79 Å². The molecule has 0 N–H and O–H groups in total. The van der Waals surface area contributed by atoms with E-state index in [0.717, 1.165) is 6.42 Å². The molecule has 1 atom stereocenters. The number of carbonyl (C=O) groups is 1. The van der Waals surface area contributed by atoms with Gasteiger partial charge >= 0.3 is 0 Å². The average molecular weight is 229 g/mol. The molecule has 1 aliphatic rings. The van der Waals surface area contributed by atoms with Gasteiger partial charge in [0.05, 0.1) is 5.41 Å². The maximum absolute atomic E-state index is 12.6. The fourth-order valence-corrected chi connectivity index (χ4v) is 1.67. The highest BCUT2D eigenvalue weighted by Gasteiger charge is 2.31. The first-order valence-corrected chi connectivity index (χ1v) is 5.62. The average Bonchev–Trinajstić information content (AvgIpc) is 2.53. The summed E-state index contributed by atoms with van der Waals surface area (Å²) in [6, 6.07) is 0. The van der Waals surface area contributed by atoms with E-state index in [0.29, 0.717) is 19.7 Å². The second-order valence-electron chi connectivity index (χ2n) is 4.68. The van der Waals surface area contributed by atoms with Gasteiger partial charge in [-0.2, -0.15) is 0 Å². The molecule has 0 spiro atoms. The van der Waals surface area contributed by atoms with Crippen LogP contribution in [-0.2, 0) is 9.53 Å². The van der Waals surface area contributed by atoms with Crippen LogP contribution in [0.25, 0.3) is 0 Å². The van der Waals surface area contributed by atoms with Crippen LogP contribution in [0.4, 0.5) is 4.39 Å². The predicted octanol–water partition coefficient (Wildman–Crippen LogP) is 1.79. The van der Waals surface area contributed by atoms with E-state index < -0.39 is 18.2 Å². The third-order valence-corrected chi connectivity index (χ3v) is 2.87. The highest BCUT2D eigenvalue weighted by atomic mass is 19.1. The molecular weight excluding hydrogens is 209 g/mol. The zero-order valence-electron chi connectivity index (χ0n) is 10.0. The molecule has 0 bridgehead atoms. The van der Waals surface area contributed by atoms with Crippen molar-refractivity contribution in [2.75, 3.05) is 26.4 Å². The number of alkyl halides is 1. The summed E-state index contributed by atoms with van der Waals surface area (Å²) in [6.07, 6.45) is 1.91. The van der Waals surface area contributed by atoms with E-state index in [9.17, 15) is 9.18 Å². The first-order valence-electron chi connectivity index (χ1n) is 5.62. The molecule has 0 radical (unpaired) electrons. The van der Waals surface area contributed by atoms with Gasteiger partial charge in [-0.1, -0.05) is 6.08 Å². The fraction of sp³-hybridized carbons (Fsp3) is 0.750. The fourth-order valence-electron chi connectivity index (χ4n) is 1.67. The van der Waals surface area contributed by atoms with Crippen molar-refractivity contribution in [3.63, 3.8) is 0 Å². The third kappa shape index (κ3) is 3.04. The molecular formula is C12H20FNO2. The summed E-state index contributed by atoms with van der Waals surface area (Å²) in [7, 11) is 0. The van der Waals surface area contributed by atoms with Crippen molar-refractivity contribution in [1.29, 1.82) is 0 Å². The Morgan fingerprint density at radius 1 is 1.69 bits per heavy atom. The van der Waals surface area contributed by atoms with E-state index in [1.165, 1.54) is 0 Å². The Morgan fingerprint density at radius 3 is 2.94 bits per heavy atom. The molecule has 0 saturated carbocycles. The van der Waals surface area contributed by atoms with Gasteiger partial charge in [-0.15, -0.1) is 6.58 Å². The van der Waals surface area contributed by atoms with Crippen molar-refractivity contribution in [3.05, 3.63) is 12.7 Å². The van der Waals surface area contributed by atoms with Crippen LogP contribution in [0.5, 0.6) is 0 Å². The van der Waals surface area contributed by atoms with Gasteiger partial charge in [0.1, 0.15) is 12.8 Å². The van der Waals surface area contributed by atoms with Gasteiger partial charge in [-0.05, 0) is 20.3 Å². The van der Waals surface area contributed by atoms with Gasteiger partial charge in [0, 0.05) is 19.7 Å². The first-order chi connectivity index (χ1) is 7.51. The van der Waals surface area contributed by atoms with E-state index in [4.69, 9.17) is 4.74 Å². The smallest absolute Gasteiger partial charge is 0.232 e. The molecule has 1 saturated heterocycles. The van der Waals surface area contributed by atoms with E-state index >= 15 is 0 Å². The summed E-state index contributed by atoms with van der Waals surface area (Å²) in [4.78, 5) is 13.8. The second-order valence-corrected chi connectivity index (χ2v) is 4.68. The quantitative estimate of drug-likeness (QED) is 0.690. The lowest BCUT2D eigenvalue weighted by Gasteiger charge is -2.29. The predicted molar refractivity (Wildman–Crippen MR) is 60.9 cm³/mol. The topological polar surface area (TPSA) is 29.5 Å². The van der Waals surface area contributed by atoms with E-state index in [2.05, 4.69) is 6.58 Å². The normalized spacial score (nSPS) is 22.7. The molecule has 92 valence electrons. The number of hydrogen-bond donors (Lipinski definition) is 0. The molecule has 0 aliphatic carbocycles. The molecule has 1 aliphatic heterocycles. The molecule has 3 nitrogen and oxygen atoms in total. The van der Waals surface area contributed by atoms with Crippen molar-refractivity contribution < 1.29 is 13.9 Å². The van der Waals surface area contributed by atoms with E-state index in [1.54, 1.807) is 11.0 Å². The number of halogens is 1. The molecule has 1 rings (SSSR count). The number of amides is 1. The van der Waals surface area contributed by atoms with Crippen molar-refractivity contribution >= 4 is 5.91 Å². The van der Waals surface area contributed by atoms with Crippen molar-refractivity contribution in [2.45, 2.75) is 26.4 Å². The van der Waals surface area contributed by atoms with Crippen LogP contribution in [0.2, 0.25) is 0 Å². The monoisotopic (exact) mass is 229 g/mol. The van der Waals surface area contributed by atoms with E-state index in [1.807, 2.05) is 13.8 Å². The maximum Gasteiger partial charge on any atom is 0.232 e. The van der Waals surface area contributed by atoms with Crippen LogP contribution in [0.3, 0.4) is 0 Å². The van der Waals surface area contributed by atoms with Crippen molar-refractivity contribution in [2.24, 2.45) is 5.41 Å². The Morgan fingerprint density at radius 2 is 2.38 bits per heavy atom. The Kier molecular flexibility index (Phi) is 4.47. The maximum atomic E-state index is 12.6. The van der Waals surface area contributed by atoms with Gasteiger partial charge in [-0.25, -0.2) is 4.39 Å². The molecule has 1 heterocycles. The van der Waals surface area contributed by atoms with Gasteiger partial charge < -0.3 is 9.64 Å². The molecule has 16 heavy (non-hydrogen) atoms. The minimum atomic E-state index is -0.592. The van der Waals surface area contributed by atoms with Gasteiger partial charge in [0.15, 0.2) is 0 Å². The Hall–Kier alpha value is -0.900. The van der Waals surface area contributed by atoms with E-state index in [-0.39, 0.29) is 5.91 Å². The number of ether oxygens (including phenoxy) is 1. The molecule has 1 amide bonds. The third-order valence-electron chi connectivity index (χ3n) is 2.87. The highest BCUT2D eigenvalue weighted by Crippen LogP contribution is 2.21. The van der Waals surface area contributed by atoms with Crippen LogP contribution in [0.15, 0.2) is 12.7 Å². The van der Waals surface area contributed by atoms with Gasteiger partial charge in [0.25, 0.3) is 0 Å². The van der Waals surface area contributed by atoms with Crippen molar-refractivity contribution in [3.8, 4) is 0 Å². The van der Waals surface area contributed by atoms with Crippen LogP contribution < -0.4 is 0 Å². The van der Waals surface area contributed by atoms with Crippen LogP contribution in [0, 0.1) is 5.41 Å². The molecule has 0 aromatic heterocycles. The molecule has 1 fully saturated rings. The number of hydrogen-bond acceptors (Lipinski definition) is 2. The standard InChI is InChI=1S/C12H20FNO2/c1-4-12(2,3)11(15)14-6-5-7-16-10(8-13)9-14/h4,10H,1,5-9H2,2-3H3/t10-/m0/s1. The lowest BCUT2D eigenvalue weighted by atomic mass is 9.91. The van der Waals surface area contributed by atoms with Crippen molar-refractivity contribution in [1.82, 2.24) is 4.90 Å². The first kappa shape index (κ1) is 13.2. The van der Waals surface area contributed by atoms with Crippen LogP contribution >= 0.6 is 0 Å². The minimum absolute atomic E-state index is 0.00792. The molecule has 0 aromatic carbocycles. The van der Waals surface area contributed by atoms with Crippen LogP contribution in [0.1, 0.15) is 20.3 Å². The largest absolute Gasteiger partial charge is 0.374 e. The lowest BCUT2D eigenvalue weighted by Crippen LogP contribution is -2.43. The summed E-state index contributed by atoms with van der Waals surface area (Å²) in [5.41, 5.74) is -0.592. The SMILES string of the molecule is C=CC(C)(C)C(=O)N1CCCO[C@@H](CF)C1. The highest BCUT2D eigenvalue weighted by molar-refractivity contribution is 5.83. The number of nitrogens with zero attached hydrogens (tertiary/aromatic N) is 1. The summed E-state index contributed by atoms with van der Waals surface area (Å²) < 4.78 is 17.9. The van der Waals surface area contributed by atoms with Gasteiger partial charge in [0.2, 0.25) is 5.91 Å². The molecule has 0 unspecified atom stereocenters. The lowest BCUT2D eigenvalue weighted by molar-refractivity contribution is -0.138. The number of carbonyl (C=O) groups excluding carboxylic acids is 1. The summed E-state index contributed by atoms with van der Waals surface area (Å²) in [5.74, 6) is -0.00792. The molecule has 0 aromatic rings. The Bertz CT molecular complexity index is 266. The van der Waals surface area contributed by atoms with Crippen LogP contribution in [-0.4, -0.2) is 43.3 Å². The number of rotatable bonds is 3. The minimum Gasteiger partial charge on any atom is -0.374 e. The summed E-state index contributed by atoms with van der Waals surface area (Å²) in [6.45, 7) is 8.24. The Labute approximate surface area is 96.3 Å². The Balaban J connectivity index is 2.70. The zero-order chi connectivity index (χ0) is 12.2. The molecule has 4 heteroatoms. The zero-order valence-corrected chi connectivity index (χ0v) is 10.0. The second kappa shape index (κ2) is 5.43.